The Bertz CT molecular complexity index is 73.3. The smallest absolute Gasteiger partial charge is 0.107 e. The Morgan fingerprint density at radius 1 is 1.86 bits per heavy atom. The lowest BCUT2D eigenvalue weighted by atomic mass is 10.9. The summed E-state index contributed by atoms with van der Waals surface area (Å²) in [6.07, 6.45) is 0. The SMILES string of the molecule is C=C(N)N([O-])ON. The Hall–Kier alpha value is -0.780. The van der Waals surface area contributed by atoms with Crippen molar-refractivity contribution in [2.45, 2.75) is 0 Å². The van der Waals surface area contributed by atoms with E-state index in [0.717, 1.165) is 0 Å². The van der Waals surface area contributed by atoms with E-state index in [2.05, 4.69) is 17.4 Å². The first-order valence-corrected chi connectivity index (χ1v) is 1.47. The zero-order valence-electron chi connectivity index (χ0n) is 3.63. The molecule has 0 aromatic heterocycles. The van der Waals surface area contributed by atoms with Crippen LogP contribution in [0.15, 0.2) is 12.4 Å². The van der Waals surface area contributed by atoms with Crippen molar-refractivity contribution in [2.24, 2.45) is 11.6 Å². The van der Waals surface area contributed by atoms with Crippen LogP contribution in [0.3, 0.4) is 0 Å². The van der Waals surface area contributed by atoms with Crippen LogP contribution in [-0.4, -0.2) is 5.23 Å². The molecule has 0 rings (SSSR count). The third-order valence-corrected chi connectivity index (χ3v) is 0.330. The predicted molar refractivity (Wildman–Crippen MR) is 23.8 cm³/mol. The maximum atomic E-state index is 9.86. The van der Waals surface area contributed by atoms with E-state index < -0.39 is 0 Å². The maximum absolute atomic E-state index is 9.86. The molecule has 0 saturated heterocycles. The normalized spacial score (nSPS) is 8.29. The second kappa shape index (κ2) is 2.40. The van der Waals surface area contributed by atoms with Crippen molar-refractivity contribution in [3.63, 3.8) is 0 Å². The van der Waals surface area contributed by atoms with Gasteiger partial charge >= 0.3 is 0 Å². The fraction of sp³-hybridized carbons (Fsp3) is 0. The summed E-state index contributed by atoms with van der Waals surface area (Å²) in [6.45, 7) is 3.01. The van der Waals surface area contributed by atoms with Gasteiger partial charge in [-0.25, -0.2) is 0 Å². The second-order valence-electron chi connectivity index (χ2n) is 0.854. The highest BCUT2D eigenvalue weighted by Crippen LogP contribution is 1.84. The molecule has 0 aliphatic heterocycles. The predicted octanol–water partition coefficient (Wildman–Crippen LogP) is -0.979. The van der Waals surface area contributed by atoms with Gasteiger partial charge in [0.2, 0.25) is 0 Å². The van der Waals surface area contributed by atoms with E-state index in [0.29, 0.717) is 0 Å². The summed E-state index contributed by atoms with van der Waals surface area (Å²) >= 11 is 0. The standard InChI is InChI=1S/C2H6N3O2/c1-2(3)5(6)7-4/h1,3-4H2/q-1. The first-order valence-electron chi connectivity index (χ1n) is 1.47. The van der Waals surface area contributed by atoms with Crippen LogP contribution in [0.5, 0.6) is 0 Å². The highest BCUT2D eigenvalue weighted by atomic mass is 16.9. The number of hydrogen-bond donors (Lipinski definition) is 2. The van der Waals surface area contributed by atoms with Crippen molar-refractivity contribution in [3.05, 3.63) is 17.6 Å². The maximum Gasteiger partial charge on any atom is 0.107 e. The third-order valence-electron chi connectivity index (χ3n) is 0.330. The van der Waals surface area contributed by atoms with Crippen LogP contribution in [0, 0.1) is 5.21 Å². The van der Waals surface area contributed by atoms with E-state index in [1.165, 1.54) is 0 Å². The highest BCUT2D eigenvalue weighted by molar-refractivity contribution is 4.80. The Morgan fingerprint density at radius 3 is 2.29 bits per heavy atom. The van der Waals surface area contributed by atoms with Crippen LogP contribution in [0.4, 0.5) is 0 Å². The Balaban J connectivity index is 3.34. The average Bonchev–Trinajstić information content (AvgIpc) is 1.65. The van der Waals surface area contributed by atoms with Crippen LogP contribution in [0.2, 0.25) is 0 Å². The molecule has 0 unspecified atom stereocenters. The van der Waals surface area contributed by atoms with Crippen molar-refractivity contribution in [2.75, 3.05) is 0 Å². The van der Waals surface area contributed by atoms with Gasteiger partial charge in [0.15, 0.2) is 0 Å². The summed E-state index contributed by atoms with van der Waals surface area (Å²) in [5.74, 6) is 4.07. The lowest BCUT2D eigenvalue weighted by Crippen LogP contribution is -2.24. The zero-order chi connectivity index (χ0) is 5.86. The van der Waals surface area contributed by atoms with Gasteiger partial charge in [0.1, 0.15) is 5.82 Å². The molecule has 0 saturated carbocycles. The summed E-state index contributed by atoms with van der Waals surface area (Å²) < 4.78 is 0. The first kappa shape index (κ1) is 6.22. The minimum Gasteiger partial charge on any atom is -0.731 e. The summed E-state index contributed by atoms with van der Waals surface area (Å²) in [5.41, 5.74) is 4.76. The van der Waals surface area contributed by atoms with Crippen LogP contribution in [0.25, 0.3) is 0 Å². The lowest BCUT2D eigenvalue weighted by molar-refractivity contribution is -0.0963. The van der Waals surface area contributed by atoms with Crippen molar-refractivity contribution in [3.8, 4) is 0 Å². The number of nitrogens with two attached hydrogens (primary N) is 2. The summed E-state index contributed by atoms with van der Waals surface area (Å²) in [6, 6.07) is 0. The van der Waals surface area contributed by atoms with Crippen LogP contribution < -0.4 is 11.6 Å². The first-order chi connectivity index (χ1) is 3.18. The number of hydroxylamine groups is 2. The molecule has 0 spiro atoms. The molecule has 0 bridgehead atoms. The quantitative estimate of drug-likeness (QED) is 0.439. The van der Waals surface area contributed by atoms with E-state index in [1.807, 2.05) is 0 Å². The van der Waals surface area contributed by atoms with Gasteiger partial charge in [-0.3, -0.25) is 5.23 Å². The Kier molecular flexibility index (Phi) is 2.14. The van der Waals surface area contributed by atoms with Gasteiger partial charge in [-0.2, -0.15) is 10.8 Å². The third kappa shape index (κ3) is 1.99. The Labute approximate surface area is 40.6 Å². The molecule has 0 atom stereocenters. The highest BCUT2D eigenvalue weighted by Gasteiger charge is 1.81. The minimum atomic E-state index is -0.275. The zero-order valence-corrected chi connectivity index (χ0v) is 3.63. The number of nitrogens with zero attached hydrogens (tertiary/aromatic N) is 1. The van der Waals surface area contributed by atoms with Gasteiger partial charge in [0, 0.05) is 0 Å². The largest absolute Gasteiger partial charge is 0.731 e. The number of rotatable bonds is 2. The molecular formula is C2H6N3O2-. The summed E-state index contributed by atoms with van der Waals surface area (Å²) in [7, 11) is 0. The molecule has 0 amide bonds. The topological polar surface area (TPSA) is 87.6 Å². The van der Waals surface area contributed by atoms with E-state index in [-0.39, 0.29) is 11.0 Å². The van der Waals surface area contributed by atoms with E-state index in [9.17, 15) is 5.21 Å². The van der Waals surface area contributed by atoms with Gasteiger partial charge in [0.25, 0.3) is 0 Å². The summed E-state index contributed by atoms with van der Waals surface area (Å²) in [4.78, 5) is 3.56. The number of hydrogen-bond acceptors (Lipinski definition) is 5. The van der Waals surface area contributed by atoms with E-state index >= 15 is 0 Å². The molecule has 5 heteroatoms. The van der Waals surface area contributed by atoms with Gasteiger partial charge in [-0.15, -0.1) is 0 Å². The molecule has 0 aromatic rings. The van der Waals surface area contributed by atoms with Crippen molar-refractivity contribution >= 4 is 0 Å². The lowest BCUT2D eigenvalue weighted by Gasteiger charge is -2.23. The molecule has 0 radical (unpaired) electrons. The molecule has 0 aliphatic carbocycles. The second-order valence-corrected chi connectivity index (χ2v) is 0.854. The van der Waals surface area contributed by atoms with Gasteiger partial charge in [-0.05, 0) is 0 Å². The Morgan fingerprint density at radius 2 is 2.29 bits per heavy atom. The van der Waals surface area contributed by atoms with E-state index in [1.54, 1.807) is 0 Å². The average molecular weight is 104 g/mol. The van der Waals surface area contributed by atoms with E-state index in [4.69, 9.17) is 5.73 Å². The monoisotopic (exact) mass is 104 g/mol. The van der Waals surface area contributed by atoms with Crippen LogP contribution in [0.1, 0.15) is 0 Å². The van der Waals surface area contributed by atoms with Crippen molar-refractivity contribution in [1.29, 1.82) is 0 Å². The van der Waals surface area contributed by atoms with Gasteiger partial charge in [0.05, 0.1) is 0 Å². The van der Waals surface area contributed by atoms with Gasteiger partial charge in [-0.1, -0.05) is 6.58 Å². The molecule has 5 nitrogen and oxygen atoms in total. The fourth-order valence-corrected chi connectivity index (χ4v) is 0.0677. The molecule has 0 fully saturated rings. The summed E-state index contributed by atoms with van der Waals surface area (Å²) in [5, 5.41) is 9.76. The molecule has 0 aliphatic rings. The molecule has 42 valence electrons. The van der Waals surface area contributed by atoms with Crippen molar-refractivity contribution < 1.29 is 4.94 Å². The van der Waals surface area contributed by atoms with Crippen molar-refractivity contribution in [1.82, 2.24) is 5.23 Å². The molecular weight excluding hydrogens is 98.0 g/mol. The fourth-order valence-electron chi connectivity index (χ4n) is 0.0677. The van der Waals surface area contributed by atoms with Crippen LogP contribution in [-0.2, 0) is 4.94 Å². The van der Waals surface area contributed by atoms with Gasteiger partial charge < -0.3 is 10.9 Å². The minimum absolute atomic E-state index is 0.0972. The molecule has 4 N–H and O–H groups in total. The molecule has 0 heterocycles. The van der Waals surface area contributed by atoms with Crippen LogP contribution >= 0.6 is 0 Å². The molecule has 7 heavy (non-hydrogen) atoms. The molecule has 0 aromatic carbocycles.